The Morgan fingerprint density at radius 3 is 2.48 bits per heavy atom. The highest BCUT2D eigenvalue weighted by Crippen LogP contribution is 2.28. The number of nitrogens with zero attached hydrogens (tertiary/aromatic N) is 1. The van der Waals surface area contributed by atoms with Crippen LogP contribution in [-0.4, -0.2) is 10.5 Å². The van der Waals surface area contributed by atoms with Crippen LogP contribution in [0.5, 0.6) is 0 Å². The van der Waals surface area contributed by atoms with Crippen LogP contribution in [0.25, 0.3) is 5.69 Å². The number of amides is 1. The maximum Gasteiger partial charge on any atom is 0.269 e. The quantitative estimate of drug-likeness (QED) is 0.645. The van der Waals surface area contributed by atoms with Gasteiger partial charge in [-0.2, -0.15) is 0 Å². The molecule has 0 atom stereocenters. The number of benzene rings is 2. The van der Waals surface area contributed by atoms with Crippen LogP contribution in [0.1, 0.15) is 20.8 Å². The summed E-state index contributed by atoms with van der Waals surface area (Å²) in [5.41, 5.74) is 8.97. The molecule has 0 aliphatic carbocycles. The van der Waals surface area contributed by atoms with E-state index in [1.165, 1.54) is 10.6 Å². The predicted octanol–water partition coefficient (Wildman–Crippen LogP) is 4.86. The molecule has 0 saturated heterocycles. The Balaban J connectivity index is 1.99. The van der Waals surface area contributed by atoms with Gasteiger partial charge in [-0.15, -0.1) is 0 Å². The molecule has 1 amide bonds. The summed E-state index contributed by atoms with van der Waals surface area (Å²) in [6.45, 7) is 3.81. The molecule has 0 radical (unpaired) electrons. The number of halogens is 1. The van der Waals surface area contributed by atoms with E-state index >= 15 is 0 Å². The third kappa shape index (κ3) is 3.47. The van der Waals surface area contributed by atoms with Crippen LogP contribution in [0, 0.1) is 23.6 Å². The van der Waals surface area contributed by atoms with Crippen LogP contribution >= 0.6 is 23.6 Å². The molecule has 128 valence electrons. The second-order valence-corrected chi connectivity index (χ2v) is 7.34. The molecule has 25 heavy (non-hydrogen) atoms. The Kier molecular flexibility index (Phi) is 4.69. The molecular formula is C18H16FN3OS2. The highest BCUT2D eigenvalue weighted by molar-refractivity contribution is 7.73. The van der Waals surface area contributed by atoms with Gasteiger partial charge in [-0.1, -0.05) is 35.1 Å². The van der Waals surface area contributed by atoms with Gasteiger partial charge in [-0.05, 0) is 55.9 Å². The second-order valence-electron chi connectivity index (χ2n) is 5.69. The summed E-state index contributed by atoms with van der Waals surface area (Å²) >= 11 is 6.36. The summed E-state index contributed by atoms with van der Waals surface area (Å²) in [5.74, 6) is -0.690. The van der Waals surface area contributed by atoms with Gasteiger partial charge < -0.3 is 11.1 Å². The first-order valence-electron chi connectivity index (χ1n) is 7.52. The van der Waals surface area contributed by atoms with E-state index in [4.69, 9.17) is 18.0 Å². The Labute approximate surface area is 153 Å². The minimum Gasteiger partial charge on any atom is -0.383 e. The minimum atomic E-state index is -0.448. The Morgan fingerprint density at radius 1 is 1.16 bits per heavy atom. The molecule has 0 aliphatic rings. The maximum atomic E-state index is 14.2. The van der Waals surface area contributed by atoms with Crippen molar-refractivity contribution in [3.05, 3.63) is 68.2 Å². The van der Waals surface area contributed by atoms with Crippen LogP contribution in [0.4, 0.5) is 15.9 Å². The number of thiazole rings is 1. The summed E-state index contributed by atoms with van der Waals surface area (Å²) < 4.78 is 15.9. The van der Waals surface area contributed by atoms with Crippen LogP contribution in [0.2, 0.25) is 0 Å². The predicted molar refractivity (Wildman–Crippen MR) is 103 cm³/mol. The van der Waals surface area contributed by atoms with Crippen molar-refractivity contribution in [3.8, 4) is 5.69 Å². The number of hydrogen-bond acceptors (Lipinski definition) is 4. The molecule has 4 nitrogen and oxygen atoms in total. The summed E-state index contributed by atoms with van der Waals surface area (Å²) in [6.07, 6.45) is 0. The number of hydrogen-bond donors (Lipinski definition) is 2. The van der Waals surface area contributed by atoms with Gasteiger partial charge in [-0.3, -0.25) is 9.36 Å². The average molecular weight is 373 g/mol. The molecule has 0 bridgehead atoms. The number of carbonyl (C=O) groups is 1. The molecule has 7 heteroatoms. The first-order chi connectivity index (χ1) is 11.9. The fraction of sp³-hybridized carbons (Fsp3) is 0.111. The molecule has 3 N–H and O–H groups in total. The van der Waals surface area contributed by atoms with Gasteiger partial charge in [0.15, 0.2) is 3.95 Å². The molecule has 1 heterocycles. The molecule has 0 unspecified atom stereocenters. The van der Waals surface area contributed by atoms with Crippen LogP contribution in [0.15, 0.2) is 42.5 Å². The van der Waals surface area contributed by atoms with Crippen LogP contribution < -0.4 is 11.1 Å². The molecule has 0 saturated carbocycles. The first kappa shape index (κ1) is 17.3. The molecule has 3 aromatic rings. The Morgan fingerprint density at radius 2 is 1.80 bits per heavy atom. The number of carbonyl (C=O) groups excluding carboxylic acids is 1. The Hall–Kier alpha value is -2.51. The normalized spacial score (nSPS) is 10.7. The van der Waals surface area contributed by atoms with Crippen molar-refractivity contribution in [1.82, 2.24) is 4.57 Å². The van der Waals surface area contributed by atoms with Crippen LogP contribution in [-0.2, 0) is 0 Å². The van der Waals surface area contributed by atoms with E-state index in [-0.39, 0.29) is 22.3 Å². The zero-order valence-electron chi connectivity index (χ0n) is 13.7. The van der Waals surface area contributed by atoms with Crippen LogP contribution in [0.3, 0.4) is 0 Å². The maximum absolute atomic E-state index is 14.2. The van der Waals surface area contributed by atoms with Crippen molar-refractivity contribution >= 4 is 41.0 Å². The third-order valence-electron chi connectivity index (χ3n) is 3.70. The summed E-state index contributed by atoms with van der Waals surface area (Å²) in [5, 5.41) is 2.78. The minimum absolute atomic E-state index is 0.129. The van der Waals surface area contributed by atoms with E-state index in [2.05, 4.69) is 5.32 Å². The number of nitrogens with one attached hydrogen (secondary N) is 1. The zero-order valence-corrected chi connectivity index (χ0v) is 15.3. The fourth-order valence-corrected chi connectivity index (χ4v) is 3.64. The molecule has 2 aromatic carbocycles. The van der Waals surface area contributed by atoms with Gasteiger partial charge in [0.1, 0.15) is 16.5 Å². The lowest BCUT2D eigenvalue weighted by molar-refractivity contribution is 0.103. The van der Waals surface area contributed by atoms with E-state index < -0.39 is 5.82 Å². The van der Waals surface area contributed by atoms with Gasteiger partial charge in [0.2, 0.25) is 0 Å². The number of aromatic nitrogens is 1. The van der Waals surface area contributed by atoms with Gasteiger partial charge in [0, 0.05) is 5.69 Å². The number of rotatable bonds is 3. The smallest absolute Gasteiger partial charge is 0.269 e. The molecule has 0 spiro atoms. The van der Waals surface area contributed by atoms with Crippen molar-refractivity contribution in [2.45, 2.75) is 13.8 Å². The molecule has 1 aromatic heterocycles. The summed E-state index contributed by atoms with van der Waals surface area (Å²) in [7, 11) is 0. The van der Waals surface area contributed by atoms with E-state index in [1.54, 1.807) is 24.3 Å². The zero-order chi connectivity index (χ0) is 18.1. The highest BCUT2D eigenvalue weighted by atomic mass is 32.1. The average Bonchev–Trinajstić information content (AvgIpc) is 2.87. The van der Waals surface area contributed by atoms with Gasteiger partial charge in [-0.25, -0.2) is 4.39 Å². The van der Waals surface area contributed by atoms with Gasteiger partial charge in [0.05, 0.1) is 5.69 Å². The highest BCUT2D eigenvalue weighted by Gasteiger charge is 2.20. The van der Waals surface area contributed by atoms with Crippen molar-refractivity contribution < 1.29 is 9.18 Å². The van der Waals surface area contributed by atoms with E-state index in [1.807, 2.05) is 26.0 Å². The number of nitrogen functional groups attached to an aromatic ring is 1. The standard InChI is InChI=1S/C18H16FN3OS2/c1-10-3-6-12(7-4-10)21-17(23)15-16(20)22(18(24)25-15)14-9-11(2)5-8-13(14)19/h3-9H,20H2,1-2H3,(H,21,23). The Bertz CT molecular complexity index is 1010. The van der Waals surface area contributed by atoms with E-state index in [0.29, 0.717) is 9.64 Å². The van der Waals surface area contributed by atoms with Gasteiger partial charge in [0.25, 0.3) is 5.91 Å². The topological polar surface area (TPSA) is 60.0 Å². The third-order valence-corrected chi connectivity index (χ3v) is 5.09. The molecule has 3 rings (SSSR count). The second kappa shape index (κ2) is 6.78. The van der Waals surface area contributed by atoms with Gasteiger partial charge >= 0.3 is 0 Å². The lowest BCUT2D eigenvalue weighted by Crippen LogP contribution is -2.13. The summed E-state index contributed by atoms with van der Waals surface area (Å²) in [6, 6.07) is 12.1. The monoisotopic (exact) mass is 373 g/mol. The van der Waals surface area contributed by atoms with Crippen molar-refractivity contribution in [2.24, 2.45) is 0 Å². The van der Waals surface area contributed by atoms with E-state index in [9.17, 15) is 9.18 Å². The number of aryl methyl sites for hydroxylation is 2. The van der Waals surface area contributed by atoms with E-state index in [0.717, 1.165) is 22.5 Å². The molecular weight excluding hydrogens is 357 g/mol. The lowest BCUT2D eigenvalue weighted by Gasteiger charge is -2.09. The van der Waals surface area contributed by atoms with Crippen molar-refractivity contribution in [1.29, 1.82) is 0 Å². The number of nitrogens with two attached hydrogens (primary N) is 1. The lowest BCUT2D eigenvalue weighted by atomic mass is 10.2. The number of anilines is 2. The van der Waals surface area contributed by atoms with Crippen molar-refractivity contribution in [3.63, 3.8) is 0 Å². The largest absolute Gasteiger partial charge is 0.383 e. The summed E-state index contributed by atoms with van der Waals surface area (Å²) in [4.78, 5) is 12.8. The fourth-order valence-electron chi connectivity index (χ4n) is 2.39. The molecule has 0 aliphatic heterocycles. The van der Waals surface area contributed by atoms with Crippen molar-refractivity contribution in [2.75, 3.05) is 11.1 Å². The SMILES string of the molecule is Cc1ccc(NC(=O)c2sc(=S)n(-c3cc(C)ccc3F)c2N)cc1. The first-order valence-corrected chi connectivity index (χ1v) is 8.75. The molecule has 0 fully saturated rings.